The fourth-order valence-electron chi connectivity index (χ4n) is 3.95. The van der Waals surface area contributed by atoms with Crippen molar-refractivity contribution < 1.29 is 18.7 Å². The maximum atomic E-state index is 13.5. The summed E-state index contributed by atoms with van der Waals surface area (Å²) in [5.41, 5.74) is 1.71. The number of para-hydroxylation sites is 1. The number of rotatable bonds is 10. The second kappa shape index (κ2) is 12.7. The van der Waals surface area contributed by atoms with E-state index in [0.29, 0.717) is 50.8 Å². The first-order valence-electron chi connectivity index (χ1n) is 11.9. The lowest BCUT2D eigenvalue weighted by Crippen LogP contribution is -2.48. The van der Waals surface area contributed by atoms with Crippen LogP contribution in [0.5, 0.6) is 0 Å². The quantitative estimate of drug-likeness (QED) is 0.483. The van der Waals surface area contributed by atoms with Gasteiger partial charge >= 0.3 is 6.03 Å². The van der Waals surface area contributed by atoms with Crippen molar-refractivity contribution in [3.63, 3.8) is 0 Å². The highest BCUT2D eigenvalue weighted by atomic mass is 16.5. The highest BCUT2D eigenvalue weighted by Gasteiger charge is 2.23. The number of carbonyl (C=O) groups excluding carboxylic acids is 2. The van der Waals surface area contributed by atoms with Gasteiger partial charge in [0.05, 0.1) is 26.0 Å². The number of benzene rings is 2. The van der Waals surface area contributed by atoms with E-state index in [1.54, 1.807) is 16.1 Å². The minimum Gasteiger partial charge on any atom is -0.467 e. The average molecular weight is 477 g/mol. The van der Waals surface area contributed by atoms with Crippen LogP contribution in [0.4, 0.5) is 10.5 Å². The van der Waals surface area contributed by atoms with Crippen LogP contribution < -0.4 is 5.32 Å². The lowest BCUT2D eigenvalue weighted by molar-refractivity contribution is -0.133. The first-order chi connectivity index (χ1) is 17.2. The zero-order chi connectivity index (χ0) is 24.3. The van der Waals surface area contributed by atoms with Gasteiger partial charge in [0.2, 0.25) is 5.91 Å². The van der Waals surface area contributed by atoms with E-state index in [0.717, 1.165) is 18.7 Å². The number of hydrogen-bond donors (Lipinski definition) is 1. The Morgan fingerprint density at radius 1 is 0.857 bits per heavy atom. The molecule has 1 fully saturated rings. The molecule has 1 aromatic heterocycles. The largest absolute Gasteiger partial charge is 0.467 e. The predicted octanol–water partition coefficient (Wildman–Crippen LogP) is 3.67. The molecule has 0 radical (unpaired) electrons. The van der Waals surface area contributed by atoms with Crippen molar-refractivity contribution in [2.24, 2.45) is 0 Å². The molecule has 1 saturated heterocycles. The van der Waals surface area contributed by atoms with Crippen LogP contribution in [0.2, 0.25) is 0 Å². The number of morpholine rings is 1. The smallest absolute Gasteiger partial charge is 0.322 e. The molecule has 0 saturated carbocycles. The van der Waals surface area contributed by atoms with Crippen molar-refractivity contribution in [3.05, 3.63) is 90.4 Å². The molecule has 1 aliphatic heterocycles. The summed E-state index contributed by atoms with van der Waals surface area (Å²) in [6.45, 7) is 4.85. The number of nitrogens with zero attached hydrogens (tertiary/aromatic N) is 3. The second-order valence-corrected chi connectivity index (χ2v) is 8.49. The Morgan fingerprint density at radius 3 is 2.26 bits per heavy atom. The molecular weight excluding hydrogens is 444 g/mol. The van der Waals surface area contributed by atoms with Crippen LogP contribution >= 0.6 is 0 Å². The van der Waals surface area contributed by atoms with E-state index in [-0.39, 0.29) is 18.5 Å². The summed E-state index contributed by atoms with van der Waals surface area (Å²) in [5, 5.41) is 2.92. The van der Waals surface area contributed by atoms with Gasteiger partial charge in [-0.2, -0.15) is 0 Å². The van der Waals surface area contributed by atoms with E-state index in [1.807, 2.05) is 72.8 Å². The lowest BCUT2D eigenvalue weighted by Gasteiger charge is -2.31. The van der Waals surface area contributed by atoms with Crippen LogP contribution in [0.15, 0.2) is 83.5 Å². The van der Waals surface area contributed by atoms with E-state index in [2.05, 4.69) is 10.2 Å². The zero-order valence-corrected chi connectivity index (χ0v) is 19.8. The van der Waals surface area contributed by atoms with E-state index in [9.17, 15) is 9.59 Å². The fourth-order valence-corrected chi connectivity index (χ4v) is 3.95. The SMILES string of the molecule is O=C(CN(CCN1CCOCC1)C(=O)Nc1ccccc1)N(Cc1ccccc1)Cc1ccco1. The Labute approximate surface area is 206 Å². The second-order valence-electron chi connectivity index (χ2n) is 8.49. The van der Waals surface area contributed by atoms with Gasteiger partial charge < -0.3 is 24.3 Å². The van der Waals surface area contributed by atoms with Crippen molar-refractivity contribution in [2.75, 3.05) is 51.3 Å². The highest BCUT2D eigenvalue weighted by Crippen LogP contribution is 2.13. The van der Waals surface area contributed by atoms with Gasteiger partial charge in [0.1, 0.15) is 12.3 Å². The van der Waals surface area contributed by atoms with Crippen LogP contribution in [-0.4, -0.2) is 72.6 Å². The first kappa shape index (κ1) is 24.5. The summed E-state index contributed by atoms with van der Waals surface area (Å²) in [5.74, 6) is 0.554. The van der Waals surface area contributed by atoms with Gasteiger partial charge in [-0.05, 0) is 29.8 Å². The summed E-state index contributed by atoms with van der Waals surface area (Å²) >= 11 is 0. The van der Waals surface area contributed by atoms with Gasteiger partial charge in [0, 0.05) is 38.4 Å². The number of urea groups is 1. The normalized spacial score (nSPS) is 13.8. The lowest BCUT2D eigenvalue weighted by atomic mass is 10.2. The fraction of sp³-hybridized carbons (Fsp3) is 0.333. The van der Waals surface area contributed by atoms with E-state index >= 15 is 0 Å². The third-order valence-electron chi connectivity index (χ3n) is 5.92. The molecular formula is C27H32N4O4. The molecule has 35 heavy (non-hydrogen) atoms. The number of furan rings is 1. The zero-order valence-electron chi connectivity index (χ0n) is 19.8. The molecule has 8 nitrogen and oxygen atoms in total. The summed E-state index contributed by atoms with van der Waals surface area (Å²) < 4.78 is 10.9. The Kier molecular flexibility index (Phi) is 8.91. The van der Waals surface area contributed by atoms with E-state index < -0.39 is 0 Å². The molecule has 3 aromatic rings. The maximum absolute atomic E-state index is 13.5. The van der Waals surface area contributed by atoms with Crippen molar-refractivity contribution in [2.45, 2.75) is 13.1 Å². The minimum atomic E-state index is -0.296. The van der Waals surface area contributed by atoms with Gasteiger partial charge in [0.25, 0.3) is 0 Å². The van der Waals surface area contributed by atoms with Gasteiger partial charge in [-0.15, -0.1) is 0 Å². The standard InChI is InChI=1S/C27H32N4O4/c32-26(31(21-25-12-7-17-35-25)20-23-8-3-1-4-9-23)22-30(14-13-29-15-18-34-19-16-29)27(33)28-24-10-5-2-6-11-24/h1-12,17H,13-16,18-22H2,(H,28,33). The number of amides is 3. The molecule has 2 heterocycles. The number of carbonyl (C=O) groups is 2. The van der Waals surface area contributed by atoms with Gasteiger partial charge in [-0.3, -0.25) is 9.69 Å². The molecule has 3 amide bonds. The number of anilines is 1. The maximum Gasteiger partial charge on any atom is 0.322 e. The third-order valence-corrected chi connectivity index (χ3v) is 5.92. The van der Waals surface area contributed by atoms with Crippen molar-refractivity contribution in [3.8, 4) is 0 Å². The summed E-state index contributed by atoms with van der Waals surface area (Å²) in [4.78, 5) is 32.3. The summed E-state index contributed by atoms with van der Waals surface area (Å²) in [7, 11) is 0. The highest BCUT2D eigenvalue weighted by molar-refractivity contribution is 5.92. The third kappa shape index (κ3) is 7.70. The van der Waals surface area contributed by atoms with Crippen LogP contribution in [-0.2, 0) is 22.6 Å². The van der Waals surface area contributed by atoms with Crippen molar-refractivity contribution in [1.29, 1.82) is 0 Å². The predicted molar refractivity (Wildman–Crippen MR) is 134 cm³/mol. The molecule has 0 unspecified atom stereocenters. The minimum absolute atomic E-state index is 0.0312. The van der Waals surface area contributed by atoms with Crippen molar-refractivity contribution in [1.82, 2.24) is 14.7 Å². The topological polar surface area (TPSA) is 78.3 Å². The van der Waals surface area contributed by atoms with Crippen LogP contribution in [0.1, 0.15) is 11.3 Å². The molecule has 0 bridgehead atoms. The monoisotopic (exact) mass is 476 g/mol. The van der Waals surface area contributed by atoms with Gasteiger partial charge in [-0.25, -0.2) is 4.79 Å². The molecule has 2 aromatic carbocycles. The molecule has 0 spiro atoms. The molecule has 8 heteroatoms. The van der Waals surface area contributed by atoms with Crippen LogP contribution in [0.25, 0.3) is 0 Å². The Bertz CT molecular complexity index is 1040. The van der Waals surface area contributed by atoms with Crippen LogP contribution in [0, 0.1) is 0 Å². The summed E-state index contributed by atoms with van der Waals surface area (Å²) in [6.07, 6.45) is 1.60. The Morgan fingerprint density at radius 2 is 1.57 bits per heavy atom. The Balaban J connectivity index is 1.47. The molecule has 184 valence electrons. The molecule has 0 aliphatic carbocycles. The van der Waals surface area contributed by atoms with E-state index in [4.69, 9.17) is 9.15 Å². The molecule has 1 aliphatic rings. The first-order valence-corrected chi connectivity index (χ1v) is 11.9. The van der Waals surface area contributed by atoms with E-state index in [1.165, 1.54) is 0 Å². The molecule has 1 N–H and O–H groups in total. The molecule has 4 rings (SSSR count). The van der Waals surface area contributed by atoms with Gasteiger partial charge in [-0.1, -0.05) is 48.5 Å². The summed E-state index contributed by atoms with van der Waals surface area (Å²) in [6, 6.07) is 22.5. The van der Waals surface area contributed by atoms with Crippen molar-refractivity contribution >= 4 is 17.6 Å². The average Bonchev–Trinajstić information content (AvgIpc) is 3.41. The van der Waals surface area contributed by atoms with Crippen LogP contribution in [0.3, 0.4) is 0 Å². The molecule has 0 atom stereocenters. The number of hydrogen-bond acceptors (Lipinski definition) is 5. The Hall–Kier alpha value is -3.62. The number of nitrogens with one attached hydrogen (secondary N) is 1. The van der Waals surface area contributed by atoms with Gasteiger partial charge in [0.15, 0.2) is 0 Å². The number of ether oxygens (including phenoxy) is 1.